The Labute approximate surface area is 108 Å². The minimum absolute atomic E-state index is 0.700. The minimum Gasteiger partial charge on any atom is -0.248 e. The Hall–Kier alpha value is -0.400. The molecule has 0 amide bonds. The summed E-state index contributed by atoms with van der Waals surface area (Å²) in [6, 6.07) is 0. The Morgan fingerprint density at radius 2 is 1.26 bits per heavy atom. The predicted molar refractivity (Wildman–Crippen MR) is 53.9 cm³/mol. The summed E-state index contributed by atoms with van der Waals surface area (Å²) in [6.45, 7) is -4.00. The molecule has 1 spiro atoms. The number of rotatable bonds is 2. The third kappa shape index (κ3) is 2.73. The number of halogens is 2. The van der Waals surface area contributed by atoms with Crippen molar-refractivity contribution >= 4 is 20.8 Å². The van der Waals surface area contributed by atoms with Gasteiger partial charge in [0.05, 0.1) is 18.6 Å². The van der Waals surface area contributed by atoms with Crippen LogP contribution in [-0.2, 0) is 37.5 Å². The number of hydrogen-bond acceptors (Lipinski definition) is 8. The highest BCUT2D eigenvalue weighted by Gasteiger charge is 2.58. The molecule has 2 atom stereocenters. The fraction of sp³-hybridized carbons (Fsp3) is 1.00. The molecule has 8 nitrogen and oxygen atoms in total. The van der Waals surface area contributed by atoms with Crippen molar-refractivity contribution in [3.8, 4) is 0 Å². The van der Waals surface area contributed by atoms with Gasteiger partial charge in [0, 0.05) is 0 Å². The van der Waals surface area contributed by atoms with Gasteiger partial charge >= 0.3 is 20.8 Å². The van der Waals surface area contributed by atoms with Crippen LogP contribution < -0.4 is 0 Å². The molecule has 112 valence electrons. The molecule has 2 saturated heterocycles. The average Bonchev–Trinajstić information content (AvgIpc) is 2.34. The van der Waals surface area contributed by atoms with Crippen molar-refractivity contribution in [2.45, 2.75) is 12.2 Å². The Kier molecular flexibility index (Phi) is 3.83. The van der Waals surface area contributed by atoms with Crippen molar-refractivity contribution in [1.82, 2.24) is 0 Å². The maximum atomic E-state index is 12.9. The summed E-state index contributed by atoms with van der Waals surface area (Å²) in [5.74, 6) is 0. The van der Waals surface area contributed by atoms with Gasteiger partial charge in [0.25, 0.3) is 0 Å². The summed E-state index contributed by atoms with van der Waals surface area (Å²) in [6.07, 6.45) is -3.30. The zero-order valence-electron chi connectivity index (χ0n) is 9.32. The first kappa shape index (κ1) is 15.0. The second-order valence-corrected chi connectivity index (χ2v) is 6.54. The second kappa shape index (κ2) is 4.86. The van der Waals surface area contributed by atoms with Gasteiger partial charge in [-0.05, 0) is 0 Å². The SMILES string of the molecule is O=S1(=O)OCC2(COS(=O)(=O)OC2CF)C(CF)O1. The van der Waals surface area contributed by atoms with Gasteiger partial charge in [0.2, 0.25) is 0 Å². The molecule has 0 aromatic rings. The van der Waals surface area contributed by atoms with Gasteiger partial charge in [-0.1, -0.05) is 0 Å². The maximum Gasteiger partial charge on any atom is 0.400 e. The van der Waals surface area contributed by atoms with Gasteiger partial charge in [-0.25, -0.2) is 25.5 Å². The van der Waals surface area contributed by atoms with Crippen molar-refractivity contribution in [3.05, 3.63) is 0 Å². The van der Waals surface area contributed by atoms with E-state index in [1.165, 1.54) is 0 Å². The smallest absolute Gasteiger partial charge is 0.248 e. The van der Waals surface area contributed by atoms with Gasteiger partial charge < -0.3 is 0 Å². The van der Waals surface area contributed by atoms with Crippen LogP contribution in [0.2, 0.25) is 0 Å². The zero-order chi connectivity index (χ0) is 14.3. The Morgan fingerprint density at radius 3 is 1.58 bits per heavy atom. The molecule has 2 fully saturated rings. The molecule has 2 heterocycles. The van der Waals surface area contributed by atoms with E-state index in [-0.39, 0.29) is 0 Å². The molecule has 0 saturated carbocycles. The van der Waals surface area contributed by atoms with Gasteiger partial charge in [-0.15, -0.1) is 0 Å². The standard InChI is InChI=1S/C7H10F2O8S2/c8-1-5-7(3-14-18(10,11)16-5)4-15-19(12,13)17-6(7)2-9/h5-6H,1-4H2. The first-order chi connectivity index (χ1) is 8.75. The lowest BCUT2D eigenvalue weighted by Crippen LogP contribution is -2.62. The van der Waals surface area contributed by atoms with Crippen molar-refractivity contribution < 1.29 is 42.3 Å². The van der Waals surface area contributed by atoms with E-state index in [4.69, 9.17) is 0 Å². The lowest BCUT2D eigenvalue weighted by molar-refractivity contribution is -0.151. The molecule has 2 unspecified atom stereocenters. The predicted octanol–water partition coefficient (Wildman–Crippen LogP) is -0.768. The highest BCUT2D eigenvalue weighted by molar-refractivity contribution is 7.82. The third-order valence-electron chi connectivity index (χ3n) is 2.97. The molecule has 2 rings (SSSR count). The summed E-state index contributed by atoms with van der Waals surface area (Å²) in [5.41, 5.74) is -1.69. The third-order valence-corrected chi connectivity index (χ3v) is 4.72. The molecule has 0 radical (unpaired) electrons. The van der Waals surface area contributed by atoms with E-state index in [1.807, 2.05) is 0 Å². The van der Waals surface area contributed by atoms with Crippen molar-refractivity contribution in [2.24, 2.45) is 5.41 Å². The van der Waals surface area contributed by atoms with Gasteiger partial charge in [-0.2, -0.15) is 16.8 Å². The Bertz CT molecular complexity index is 493. The highest BCUT2D eigenvalue weighted by Crippen LogP contribution is 2.41. The maximum absolute atomic E-state index is 12.9. The molecular formula is C7H10F2O8S2. The molecular weight excluding hydrogens is 314 g/mol. The molecule has 0 bridgehead atoms. The van der Waals surface area contributed by atoms with Crippen LogP contribution in [0.15, 0.2) is 0 Å². The lowest BCUT2D eigenvalue weighted by atomic mass is 9.79. The van der Waals surface area contributed by atoms with E-state index >= 15 is 0 Å². The quantitative estimate of drug-likeness (QED) is 0.652. The van der Waals surface area contributed by atoms with Crippen LogP contribution >= 0.6 is 0 Å². The van der Waals surface area contributed by atoms with E-state index in [0.29, 0.717) is 0 Å². The summed E-state index contributed by atoms with van der Waals surface area (Å²) in [5, 5.41) is 0. The Balaban J connectivity index is 2.35. The van der Waals surface area contributed by atoms with Gasteiger partial charge in [0.1, 0.15) is 25.6 Å². The van der Waals surface area contributed by atoms with Crippen LogP contribution in [-0.4, -0.2) is 55.6 Å². The molecule has 12 heteroatoms. The van der Waals surface area contributed by atoms with Gasteiger partial charge in [-0.3, -0.25) is 0 Å². The molecule has 0 aromatic carbocycles. The van der Waals surface area contributed by atoms with Crippen molar-refractivity contribution in [2.75, 3.05) is 26.6 Å². The fourth-order valence-corrected chi connectivity index (χ4v) is 3.77. The highest BCUT2D eigenvalue weighted by atomic mass is 32.3. The first-order valence-electron chi connectivity index (χ1n) is 5.02. The normalized spacial score (nSPS) is 41.2. The summed E-state index contributed by atoms with van der Waals surface area (Å²) in [7, 11) is -8.81. The minimum atomic E-state index is -4.40. The van der Waals surface area contributed by atoms with Crippen LogP contribution in [0.25, 0.3) is 0 Å². The molecule has 19 heavy (non-hydrogen) atoms. The van der Waals surface area contributed by atoms with Crippen molar-refractivity contribution in [3.63, 3.8) is 0 Å². The molecule has 2 aliphatic heterocycles. The topological polar surface area (TPSA) is 105 Å². The van der Waals surface area contributed by atoms with E-state index in [0.717, 1.165) is 0 Å². The zero-order valence-corrected chi connectivity index (χ0v) is 11.0. The monoisotopic (exact) mass is 324 g/mol. The molecule has 2 aliphatic rings. The van der Waals surface area contributed by atoms with Crippen LogP contribution in [0.1, 0.15) is 0 Å². The van der Waals surface area contributed by atoms with Crippen LogP contribution in [0, 0.1) is 5.41 Å². The van der Waals surface area contributed by atoms with Crippen LogP contribution in [0.4, 0.5) is 8.78 Å². The van der Waals surface area contributed by atoms with Gasteiger partial charge in [0.15, 0.2) is 0 Å². The van der Waals surface area contributed by atoms with Crippen LogP contribution in [0.3, 0.4) is 0 Å². The van der Waals surface area contributed by atoms with E-state index in [2.05, 4.69) is 16.7 Å². The van der Waals surface area contributed by atoms with E-state index in [1.54, 1.807) is 0 Å². The largest absolute Gasteiger partial charge is 0.400 e. The second-order valence-electron chi connectivity index (χ2n) is 4.05. The molecule has 0 aliphatic carbocycles. The summed E-state index contributed by atoms with van der Waals surface area (Å²) < 4.78 is 87.6. The average molecular weight is 324 g/mol. The van der Waals surface area contributed by atoms with Crippen molar-refractivity contribution in [1.29, 1.82) is 0 Å². The molecule has 0 aromatic heterocycles. The lowest BCUT2D eigenvalue weighted by Gasteiger charge is -2.46. The first-order valence-corrected chi connectivity index (χ1v) is 7.68. The van der Waals surface area contributed by atoms with E-state index < -0.39 is 65.0 Å². The Morgan fingerprint density at radius 1 is 0.895 bits per heavy atom. The number of hydrogen-bond donors (Lipinski definition) is 0. The fourth-order valence-electron chi connectivity index (χ4n) is 1.87. The van der Waals surface area contributed by atoms with Crippen LogP contribution in [0.5, 0.6) is 0 Å². The summed E-state index contributed by atoms with van der Waals surface area (Å²) in [4.78, 5) is 0. The van der Waals surface area contributed by atoms with E-state index in [9.17, 15) is 25.6 Å². The summed E-state index contributed by atoms with van der Waals surface area (Å²) >= 11 is 0. The number of alkyl halides is 2. The molecule has 0 N–H and O–H groups in total.